The third-order valence-corrected chi connectivity index (χ3v) is 4.78. The van der Waals surface area contributed by atoms with E-state index in [9.17, 15) is 4.79 Å². The molecule has 1 amide bonds. The van der Waals surface area contributed by atoms with Crippen LogP contribution < -0.4 is 10.1 Å². The quantitative estimate of drug-likeness (QED) is 0.574. The molecular formula is C22H24ClN3O3. The number of para-hydroxylation sites is 1. The van der Waals surface area contributed by atoms with Crippen LogP contribution in [0.3, 0.4) is 0 Å². The van der Waals surface area contributed by atoms with Crippen molar-refractivity contribution in [3.8, 4) is 17.2 Å². The summed E-state index contributed by atoms with van der Waals surface area (Å²) in [5.41, 5.74) is 3.15. The fourth-order valence-corrected chi connectivity index (χ4v) is 2.92. The lowest BCUT2D eigenvalue weighted by atomic mass is 10.1. The Balaban J connectivity index is 1.83. The highest BCUT2D eigenvalue weighted by Crippen LogP contribution is 2.31. The topological polar surface area (TPSA) is 77.2 Å². The molecule has 0 spiro atoms. The van der Waals surface area contributed by atoms with Crippen molar-refractivity contribution < 1.29 is 14.1 Å². The van der Waals surface area contributed by atoms with Crippen LogP contribution in [0.1, 0.15) is 43.6 Å². The number of aromatic nitrogens is 2. The first-order valence-electron chi connectivity index (χ1n) is 9.43. The lowest BCUT2D eigenvalue weighted by Gasteiger charge is -2.18. The summed E-state index contributed by atoms with van der Waals surface area (Å²) in [5.74, 6) is 1.29. The van der Waals surface area contributed by atoms with E-state index < -0.39 is 6.10 Å². The molecule has 1 N–H and O–H groups in total. The van der Waals surface area contributed by atoms with E-state index in [1.165, 1.54) is 0 Å². The van der Waals surface area contributed by atoms with Crippen LogP contribution in [0.25, 0.3) is 11.5 Å². The molecule has 0 aliphatic rings. The Morgan fingerprint density at radius 2 is 1.93 bits per heavy atom. The average molecular weight is 414 g/mol. The van der Waals surface area contributed by atoms with E-state index in [4.69, 9.17) is 20.9 Å². The fraction of sp³-hybridized carbons (Fsp3) is 0.318. The summed E-state index contributed by atoms with van der Waals surface area (Å²) in [7, 11) is 0. The number of hydrogen-bond donors (Lipinski definition) is 1. The summed E-state index contributed by atoms with van der Waals surface area (Å²) in [4.78, 5) is 17.3. The van der Waals surface area contributed by atoms with Crippen LogP contribution in [0.4, 0.5) is 5.69 Å². The summed E-state index contributed by atoms with van der Waals surface area (Å²) >= 11 is 6.18. The number of carbonyl (C=O) groups is 1. The normalized spacial score (nSPS) is 12.1. The molecule has 29 heavy (non-hydrogen) atoms. The third kappa shape index (κ3) is 4.77. The summed E-state index contributed by atoms with van der Waals surface area (Å²) in [6.45, 7) is 9.49. The fourth-order valence-electron chi connectivity index (χ4n) is 2.76. The van der Waals surface area contributed by atoms with Crippen molar-refractivity contribution in [2.24, 2.45) is 0 Å². The van der Waals surface area contributed by atoms with Crippen molar-refractivity contribution in [3.05, 3.63) is 58.4 Å². The van der Waals surface area contributed by atoms with Crippen molar-refractivity contribution in [3.63, 3.8) is 0 Å². The Hall–Kier alpha value is -2.86. The summed E-state index contributed by atoms with van der Waals surface area (Å²) < 4.78 is 11.2. The zero-order chi connectivity index (χ0) is 21.1. The summed E-state index contributed by atoms with van der Waals surface area (Å²) in [6.07, 6.45) is -0.754. The van der Waals surface area contributed by atoms with Crippen molar-refractivity contribution >= 4 is 23.2 Å². The van der Waals surface area contributed by atoms with E-state index in [0.717, 1.165) is 11.1 Å². The number of rotatable bonds is 6. The first-order chi connectivity index (χ1) is 13.8. The van der Waals surface area contributed by atoms with Gasteiger partial charge in [-0.3, -0.25) is 4.79 Å². The first kappa shape index (κ1) is 20.9. The Labute approximate surface area is 175 Å². The highest BCUT2D eigenvalue weighted by molar-refractivity contribution is 6.32. The molecule has 0 radical (unpaired) electrons. The molecule has 0 saturated carbocycles. The van der Waals surface area contributed by atoms with Gasteiger partial charge in [-0.05, 0) is 50.1 Å². The lowest BCUT2D eigenvalue weighted by Crippen LogP contribution is -2.30. The zero-order valence-electron chi connectivity index (χ0n) is 17.1. The van der Waals surface area contributed by atoms with Gasteiger partial charge >= 0.3 is 0 Å². The van der Waals surface area contributed by atoms with Crippen LogP contribution in [0.15, 0.2) is 40.9 Å². The summed E-state index contributed by atoms with van der Waals surface area (Å²) in [6, 6.07) is 11.1. The Kier molecular flexibility index (Phi) is 6.23. The molecular weight excluding hydrogens is 390 g/mol. The Bertz CT molecular complexity index is 1030. The Morgan fingerprint density at radius 3 is 2.62 bits per heavy atom. The molecule has 152 valence electrons. The molecule has 3 aromatic rings. The van der Waals surface area contributed by atoms with Crippen LogP contribution in [-0.4, -0.2) is 22.2 Å². The predicted molar refractivity (Wildman–Crippen MR) is 113 cm³/mol. The maximum atomic E-state index is 12.8. The molecule has 0 fully saturated rings. The molecule has 1 atom stereocenters. The number of nitrogens with one attached hydrogen (secondary N) is 1. The summed E-state index contributed by atoms with van der Waals surface area (Å²) in [5, 5.41) is 7.41. The van der Waals surface area contributed by atoms with Gasteiger partial charge in [-0.1, -0.05) is 48.8 Å². The number of aryl methyl sites for hydroxylation is 2. The van der Waals surface area contributed by atoms with Gasteiger partial charge in [0.05, 0.1) is 16.3 Å². The average Bonchev–Trinajstić information content (AvgIpc) is 3.16. The van der Waals surface area contributed by atoms with Crippen LogP contribution in [-0.2, 0) is 4.79 Å². The van der Waals surface area contributed by atoms with Crippen molar-refractivity contribution in [1.82, 2.24) is 10.1 Å². The maximum Gasteiger partial charge on any atom is 0.265 e. The molecule has 0 aliphatic carbocycles. The van der Waals surface area contributed by atoms with Gasteiger partial charge in [-0.2, -0.15) is 4.98 Å². The molecule has 0 bridgehead atoms. The number of nitrogens with zero attached hydrogens (tertiary/aromatic N) is 2. The predicted octanol–water partition coefficient (Wildman–Crippen LogP) is 5.54. The minimum absolute atomic E-state index is 0.142. The highest BCUT2D eigenvalue weighted by atomic mass is 35.5. The number of ether oxygens (including phenoxy) is 1. The van der Waals surface area contributed by atoms with E-state index in [0.29, 0.717) is 33.7 Å². The number of carbonyl (C=O) groups excluding carboxylic acids is 1. The lowest BCUT2D eigenvalue weighted by molar-refractivity contribution is -0.122. The number of anilines is 1. The van der Waals surface area contributed by atoms with Crippen molar-refractivity contribution in [1.29, 1.82) is 0 Å². The third-order valence-electron chi connectivity index (χ3n) is 4.47. The van der Waals surface area contributed by atoms with E-state index in [-0.39, 0.29) is 11.8 Å². The number of halogens is 1. The van der Waals surface area contributed by atoms with E-state index in [2.05, 4.69) is 15.5 Å². The van der Waals surface area contributed by atoms with Gasteiger partial charge in [0.15, 0.2) is 11.9 Å². The minimum Gasteiger partial charge on any atom is -0.479 e. The Morgan fingerprint density at radius 1 is 1.17 bits per heavy atom. The maximum absolute atomic E-state index is 12.8. The second-order valence-corrected chi connectivity index (χ2v) is 7.70. The second kappa shape index (κ2) is 8.66. The molecule has 0 saturated heterocycles. The van der Waals surface area contributed by atoms with E-state index >= 15 is 0 Å². The second-order valence-electron chi connectivity index (χ2n) is 7.29. The molecule has 2 aromatic carbocycles. The molecule has 3 rings (SSSR count). The standard InChI is InChI=1S/C22H24ClN3O3/c1-12(2)20-25-22(29-26-20)16-8-6-7-14(4)19(16)24-21(27)15(5)28-18-11-13(3)9-10-17(18)23/h6-12,15H,1-5H3,(H,24,27). The van der Waals surface area contributed by atoms with E-state index in [1.54, 1.807) is 19.1 Å². The number of benzene rings is 2. The largest absolute Gasteiger partial charge is 0.479 e. The monoisotopic (exact) mass is 413 g/mol. The zero-order valence-corrected chi connectivity index (χ0v) is 17.9. The van der Waals surface area contributed by atoms with Crippen LogP contribution in [0, 0.1) is 13.8 Å². The molecule has 1 unspecified atom stereocenters. The van der Waals surface area contributed by atoms with Gasteiger partial charge in [0.25, 0.3) is 11.8 Å². The highest BCUT2D eigenvalue weighted by Gasteiger charge is 2.21. The minimum atomic E-state index is -0.754. The molecule has 6 nitrogen and oxygen atoms in total. The van der Waals surface area contributed by atoms with Gasteiger partial charge in [-0.15, -0.1) is 0 Å². The van der Waals surface area contributed by atoms with Crippen LogP contribution in [0.5, 0.6) is 5.75 Å². The van der Waals surface area contributed by atoms with Crippen LogP contribution in [0.2, 0.25) is 5.02 Å². The molecule has 0 aliphatic heterocycles. The van der Waals surface area contributed by atoms with Gasteiger partial charge in [0.2, 0.25) is 0 Å². The van der Waals surface area contributed by atoms with Gasteiger partial charge in [-0.25, -0.2) is 0 Å². The molecule has 1 heterocycles. The number of amides is 1. The molecule has 7 heteroatoms. The molecule has 1 aromatic heterocycles. The van der Waals surface area contributed by atoms with Crippen molar-refractivity contribution in [2.75, 3.05) is 5.32 Å². The van der Waals surface area contributed by atoms with Crippen LogP contribution >= 0.6 is 11.6 Å². The van der Waals surface area contributed by atoms with Crippen molar-refractivity contribution in [2.45, 2.75) is 46.6 Å². The van der Waals surface area contributed by atoms with Gasteiger partial charge in [0.1, 0.15) is 5.75 Å². The first-order valence-corrected chi connectivity index (χ1v) is 9.81. The smallest absolute Gasteiger partial charge is 0.265 e. The van der Waals surface area contributed by atoms with E-state index in [1.807, 2.05) is 52.0 Å². The SMILES string of the molecule is Cc1ccc(Cl)c(OC(C)C(=O)Nc2c(C)cccc2-c2nc(C(C)C)no2)c1. The van der Waals surface area contributed by atoms with Gasteiger partial charge < -0.3 is 14.6 Å². The number of hydrogen-bond acceptors (Lipinski definition) is 5. The van der Waals surface area contributed by atoms with Gasteiger partial charge in [0, 0.05) is 5.92 Å².